The lowest BCUT2D eigenvalue weighted by atomic mass is 10.1. The number of rotatable bonds is 6. The highest BCUT2D eigenvalue weighted by atomic mass is 16.3. The molecule has 0 aliphatic rings. The molecule has 0 amide bonds. The summed E-state index contributed by atoms with van der Waals surface area (Å²) in [6, 6.07) is 0. The minimum Gasteiger partial charge on any atom is -0.396 e. The fraction of sp³-hybridized carbons (Fsp3) is 1.00. The van der Waals surface area contributed by atoms with E-state index in [4.69, 9.17) is 15.3 Å². The number of hydrogen-bond donors (Lipinski definition) is 3. The average molecular weight is 162 g/mol. The molecule has 0 radical (unpaired) electrons. The van der Waals surface area contributed by atoms with Crippen LogP contribution in [0.3, 0.4) is 0 Å². The Balaban J connectivity index is 3.10. The molecule has 2 atom stereocenters. The Hall–Kier alpha value is -0.120. The summed E-state index contributed by atoms with van der Waals surface area (Å²) in [5.74, 6) is 0. The molecular weight excluding hydrogens is 144 g/mol. The molecule has 0 heterocycles. The molecule has 0 unspecified atom stereocenters. The number of hydrogen-bond acceptors (Lipinski definition) is 3. The first-order valence-corrected chi connectivity index (χ1v) is 4.13. The van der Waals surface area contributed by atoms with Crippen molar-refractivity contribution in [2.45, 2.75) is 44.8 Å². The van der Waals surface area contributed by atoms with Crippen molar-refractivity contribution in [3.05, 3.63) is 0 Å². The summed E-state index contributed by atoms with van der Waals surface area (Å²) in [6.45, 7) is 1.77. The van der Waals surface area contributed by atoms with Crippen LogP contribution in [0, 0.1) is 0 Å². The van der Waals surface area contributed by atoms with Gasteiger partial charge in [-0.2, -0.15) is 0 Å². The van der Waals surface area contributed by atoms with E-state index in [2.05, 4.69) is 0 Å². The summed E-state index contributed by atoms with van der Waals surface area (Å²) >= 11 is 0. The van der Waals surface area contributed by atoms with E-state index in [9.17, 15) is 0 Å². The molecule has 0 aliphatic heterocycles. The Morgan fingerprint density at radius 3 is 2.18 bits per heavy atom. The van der Waals surface area contributed by atoms with Crippen LogP contribution in [-0.4, -0.2) is 34.1 Å². The van der Waals surface area contributed by atoms with Crippen molar-refractivity contribution in [2.24, 2.45) is 0 Å². The van der Waals surface area contributed by atoms with Crippen LogP contribution in [0.25, 0.3) is 0 Å². The fourth-order valence-electron chi connectivity index (χ4n) is 0.942. The van der Waals surface area contributed by atoms with Crippen LogP contribution in [-0.2, 0) is 0 Å². The van der Waals surface area contributed by atoms with Crippen molar-refractivity contribution < 1.29 is 15.3 Å². The fourth-order valence-corrected chi connectivity index (χ4v) is 0.942. The highest BCUT2D eigenvalue weighted by Gasteiger charge is 2.03. The van der Waals surface area contributed by atoms with Crippen molar-refractivity contribution in [3.63, 3.8) is 0 Å². The van der Waals surface area contributed by atoms with Crippen LogP contribution in [0.4, 0.5) is 0 Å². The molecule has 0 saturated carbocycles. The van der Waals surface area contributed by atoms with Crippen LogP contribution < -0.4 is 0 Å². The van der Waals surface area contributed by atoms with E-state index in [-0.39, 0.29) is 12.7 Å². The number of aliphatic hydroxyl groups is 3. The molecule has 3 nitrogen and oxygen atoms in total. The molecule has 0 aromatic carbocycles. The monoisotopic (exact) mass is 162 g/mol. The molecule has 3 heteroatoms. The van der Waals surface area contributed by atoms with Gasteiger partial charge in [0.25, 0.3) is 0 Å². The van der Waals surface area contributed by atoms with Crippen molar-refractivity contribution in [1.82, 2.24) is 0 Å². The topological polar surface area (TPSA) is 60.7 Å². The second kappa shape index (κ2) is 6.58. The third-order valence-corrected chi connectivity index (χ3v) is 1.62. The molecule has 68 valence electrons. The van der Waals surface area contributed by atoms with Gasteiger partial charge in [0.05, 0.1) is 12.2 Å². The normalized spacial score (nSPS) is 16.4. The first kappa shape index (κ1) is 10.9. The van der Waals surface area contributed by atoms with E-state index in [0.29, 0.717) is 12.8 Å². The highest BCUT2D eigenvalue weighted by molar-refractivity contribution is 4.56. The van der Waals surface area contributed by atoms with E-state index in [1.807, 2.05) is 0 Å². The largest absolute Gasteiger partial charge is 0.396 e. The van der Waals surface area contributed by atoms with Gasteiger partial charge in [-0.25, -0.2) is 0 Å². The maximum absolute atomic E-state index is 9.12. The lowest BCUT2D eigenvalue weighted by Crippen LogP contribution is -2.09. The second-order valence-electron chi connectivity index (χ2n) is 2.95. The Kier molecular flexibility index (Phi) is 6.51. The Morgan fingerprint density at radius 2 is 1.73 bits per heavy atom. The predicted molar refractivity (Wildman–Crippen MR) is 43.2 cm³/mol. The van der Waals surface area contributed by atoms with Gasteiger partial charge in [0.1, 0.15) is 0 Å². The highest BCUT2D eigenvalue weighted by Crippen LogP contribution is 2.05. The third kappa shape index (κ3) is 7.78. The smallest absolute Gasteiger partial charge is 0.0562 e. The molecule has 0 spiro atoms. The number of aliphatic hydroxyl groups excluding tert-OH is 3. The molecule has 0 aromatic rings. The maximum Gasteiger partial charge on any atom is 0.0562 e. The van der Waals surface area contributed by atoms with Crippen LogP contribution in [0.1, 0.15) is 32.6 Å². The molecule has 11 heavy (non-hydrogen) atoms. The lowest BCUT2D eigenvalue weighted by molar-refractivity contribution is 0.114. The lowest BCUT2D eigenvalue weighted by Gasteiger charge is -2.08. The zero-order chi connectivity index (χ0) is 8.69. The zero-order valence-corrected chi connectivity index (χ0v) is 7.03. The Bertz CT molecular complexity index is 83.4. The van der Waals surface area contributed by atoms with Gasteiger partial charge in [0.15, 0.2) is 0 Å². The van der Waals surface area contributed by atoms with Crippen molar-refractivity contribution in [1.29, 1.82) is 0 Å². The van der Waals surface area contributed by atoms with Crippen LogP contribution in [0.15, 0.2) is 0 Å². The van der Waals surface area contributed by atoms with E-state index >= 15 is 0 Å². The Morgan fingerprint density at radius 1 is 1.09 bits per heavy atom. The molecule has 0 bridgehead atoms. The second-order valence-corrected chi connectivity index (χ2v) is 2.95. The van der Waals surface area contributed by atoms with E-state index in [0.717, 1.165) is 12.8 Å². The minimum absolute atomic E-state index is 0.0375. The maximum atomic E-state index is 9.12. The summed E-state index contributed by atoms with van der Waals surface area (Å²) in [4.78, 5) is 0. The van der Waals surface area contributed by atoms with Gasteiger partial charge in [0.2, 0.25) is 0 Å². The van der Waals surface area contributed by atoms with E-state index < -0.39 is 6.10 Å². The molecule has 0 aromatic heterocycles. The van der Waals surface area contributed by atoms with E-state index in [1.54, 1.807) is 6.92 Å². The third-order valence-electron chi connectivity index (χ3n) is 1.62. The molecule has 0 rings (SSSR count). The van der Waals surface area contributed by atoms with E-state index in [1.165, 1.54) is 0 Å². The van der Waals surface area contributed by atoms with Gasteiger partial charge in [-0.3, -0.25) is 0 Å². The minimum atomic E-state index is -0.404. The molecule has 0 fully saturated rings. The van der Waals surface area contributed by atoms with Crippen LogP contribution in [0.2, 0.25) is 0 Å². The Labute approximate surface area is 67.7 Å². The van der Waals surface area contributed by atoms with Crippen molar-refractivity contribution >= 4 is 0 Å². The van der Waals surface area contributed by atoms with Gasteiger partial charge in [-0.1, -0.05) is 0 Å². The van der Waals surface area contributed by atoms with Gasteiger partial charge in [-0.05, 0) is 32.6 Å². The standard InChI is InChI=1S/C8H18O3/c1-7(10)3-2-4-8(11)5-6-9/h7-11H,2-6H2,1H3/t7-,8+/m0/s1. The summed E-state index contributed by atoms with van der Waals surface area (Å²) in [6.07, 6.45) is 1.97. The summed E-state index contributed by atoms with van der Waals surface area (Å²) < 4.78 is 0. The SMILES string of the molecule is C[C@H](O)CCC[C@@H](O)CCO. The zero-order valence-electron chi connectivity index (χ0n) is 7.03. The predicted octanol–water partition coefficient (Wildman–Crippen LogP) is 0.281. The van der Waals surface area contributed by atoms with Crippen LogP contribution in [0.5, 0.6) is 0 Å². The van der Waals surface area contributed by atoms with Gasteiger partial charge < -0.3 is 15.3 Å². The quantitative estimate of drug-likeness (QED) is 0.525. The van der Waals surface area contributed by atoms with Crippen LogP contribution >= 0.6 is 0 Å². The summed E-state index contributed by atoms with van der Waals surface area (Å²) in [5, 5.41) is 26.4. The first-order valence-electron chi connectivity index (χ1n) is 4.13. The molecule has 0 aliphatic carbocycles. The van der Waals surface area contributed by atoms with Gasteiger partial charge in [0, 0.05) is 6.61 Å². The summed E-state index contributed by atoms with van der Waals surface area (Å²) in [7, 11) is 0. The molecule has 0 saturated heterocycles. The molecule has 3 N–H and O–H groups in total. The van der Waals surface area contributed by atoms with Crippen molar-refractivity contribution in [2.75, 3.05) is 6.61 Å². The molecular formula is C8H18O3. The first-order chi connectivity index (χ1) is 5.16. The van der Waals surface area contributed by atoms with Gasteiger partial charge in [-0.15, -0.1) is 0 Å². The summed E-state index contributed by atoms with van der Waals surface area (Å²) in [5.41, 5.74) is 0. The van der Waals surface area contributed by atoms with Crippen molar-refractivity contribution in [3.8, 4) is 0 Å². The van der Waals surface area contributed by atoms with Gasteiger partial charge >= 0.3 is 0 Å². The average Bonchev–Trinajstić information content (AvgIpc) is 1.87.